The highest BCUT2D eigenvalue weighted by molar-refractivity contribution is 5.54. The molecule has 0 heterocycles. The van der Waals surface area contributed by atoms with Crippen LogP contribution in [0.1, 0.15) is 18.9 Å². The molecule has 0 aliphatic rings. The first-order chi connectivity index (χ1) is 6.80. The topological polar surface area (TPSA) is 29.5 Å². The lowest BCUT2D eigenvalue weighted by atomic mass is 10.1. The monoisotopic (exact) mass is 192 g/mol. The average molecular weight is 192 g/mol. The first kappa shape index (κ1) is 10.8. The van der Waals surface area contributed by atoms with E-state index in [2.05, 4.69) is 0 Å². The molecule has 0 saturated heterocycles. The van der Waals surface area contributed by atoms with Gasteiger partial charge >= 0.3 is 0 Å². The van der Waals surface area contributed by atoms with Gasteiger partial charge in [-0.15, -0.1) is 0 Å². The largest absolute Gasteiger partial charge is 0.497 e. The van der Waals surface area contributed by atoms with Crippen LogP contribution in [0.15, 0.2) is 29.8 Å². The van der Waals surface area contributed by atoms with Gasteiger partial charge in [0.2, 0.25) is 0 Å². The second-order valence-corrected chi connectivity index (χ2v) is 3.09. The average Bonchev–Trinajstić information content (AvgIpc) is 2.26. The maximum absolute atomic E-state index is 9.01. The van der Waals surface area contributed by atoms with E-state index in [1.807, 2.05) is 37.3 Å². The summed E-state index contributed by atoms with van der Waals surface area (Å²) in [5.74, 6) is 0.840. The number of benzene rings is 1. The fourth-order valence-corrected chi connectivity index (χ4v) is 1.23. The number of hydrogen-bond acceptors (Lipinski definition) is 2. The van der Waals surface area contributed by atoms with Crippen LogP contribution in [0.25, 0.3) is 6.08 Å². The Balaban J connectivity index is 2.90. The Kier molecular flexibility index (Phi) is 4.20. The van der Waals surface area contributed by atoms with E-state index in [0.29, 0.717) is 0 Å². The van der Waals surface area contributed by atoms with E-state index < -0.39 is 0 Å². The van der Waals surface area contributed by atoms with Gasteiger partial charge in [0.1, 0.15) is 5.75 Å². The van der Waals surface area contributed by atoms with E-state index in [4.69, 9.17) is 9.84 Å². The fourth-order valence-electron chi connectivity index (χ4n) is 1.23. The van der Waals surface area contributed by atoms with Crippen LogP contribution in [0.5, 0.6) is 5.75 Å². The molecule has 0 saturated carbocycles. The quantitative estimate of drug-likeness (QED) is 0.794. The van der Waals surface area contributed by atoms with Crippen molar-refractivity contribution in [2.75, 3.05) is 13.7 Å². The number of aliphatic hydroxyl groups is 1. The summed E-state index contributed by atoms with van der Waals surface area (Å²) in [6.45, 7) is 2.15. The van der Waals surface area contributed by atoms with Crippen LogP contribution in [0, 0.1) is 0 Å². The van der Waals surface area contributed by atoms with Crippen LogP contribution in [0.3, 0.4) is 0 Å². The molecule has 1 aromatic rings. The molecule has 76 valence electrons. The van der Waals surface area contributed by atoms with Crippen molar-refractivity contribution in [3.8, 4) is 5.75 Å². The fraction of sp³-hybridized carbons (Fsp3) is 0.333. The maximum Gasteiger partial charge on any atom is 0.119 e. The van der Waals surface area contributed by atoms with Gasteiger partial charge in [0, 0.05) is 0 Å². The van der Waals surface area contributed by atoms with Crippen LogP contribution in [0.4, 0.5) is 0 Å². The molecule has 0 aromatic heterocycles. The highest BCUT2D eigenvalue weighted by Gasteiger charge is 1.95. The van der Waals surface area contributed by atoms with Gasteiger partial charge in [0.15, 0.2) is 0 Å². The van der Waals surface area contributed by atoms with Gasteiger partial charge in [-0.2, -0.15) is 0 Å². The molecule has 0 unspecified atom stereocenters. The standard InChI is InChI=1S/C12H16O2/c1-3-10(9-13)7-11-5-4-6-12(8-11)14-2/h4-8,13H,3,9H2,1-2H3. The third kappa shape index (κ3) is 2.89. The number of ether oxygens (including phenoxy) is 1. The molecule has 0 radical (unpaired) electrons. The van der Waals surface area contributed by atoms with E-state index in [0.717, 1.165) is 23.3 Å². The van der Waals surface area contributed by atoms with Gasteiger partial charge in [-0.1, -0.05) is 25.1 Å². The van der Waals surface area contributed by atoms with Crippen molar-refractivity contribution in [1.82, 2.24) is 0 Å². The zero-order valence-corrected chi connectivity index (χ0v) is 8.66. The second-order valence-electron chi connectivity index (χ2n) is 3.09. The van der Waals surface area contributed by atoms with E-state index >= 15 is 0 Å². The van der Waals surface area contributed by atoms with Crippen molar-refractivity contribution in [2.45, 2.75) is 13.3 Å². The Morgan fingerprint density at radius 2 is 2.29 bits per heavy atom. The van der Waals surface area contributed by atoms with Crippen LogP contribution < -0.4 is 4.74 Å². The van der Waals surface area contributed by atoms with Crippen molar-refractivity contribution >= 4 is 6.08 Å². The van der Waals surface area contributed by atoms with Crippen molar-refractivity contribution in [3.63, 3.8) is 0 Å². The highest BCUT2D eigenvalue weighted by atomic mass is 16.5. The second kappa shape index (κ2) is 5.45. The van der Waals surface area contributed by atoms with E-state index in [1.54, 1.807) is 7.11 Å². The Bertz CT molecular complexity index is 310. The molecule has 0 amide bonds. The molecule has 0 spiro atoms. The minimum Gasteiger partial charge on any atom is -0.497 e. The number of rotatable bonds is 4. The van der Waals surface area contributed by atoms with Gasteiger partial charge in [0.05, 0.1) is 13.7 Å². The van der Waals surface area contributed by atoms with Gasteiger partial charge < -0.3 is 9.84 Å². The predicted octanol–water partition coefficient (Wildman–Crippen LogP) is 2.48. The summed E-state index contributed by atoms with van der Waals surface area (Å²) in [6.07, 6.45) is 2.86. The summed E-state index contributed by atoms with van der Waals surface area (Å²) >= 11 is 0. The minimum absolute atomic E-state index is 0.119. The molecule has 1 rings (SSSR count). The van der Waals surface area contributed by atoms with Gasteiger partial charge in [-0.05, 0) is 29.7 Å². The van der Waals surface area contributed by atoms with Crippen molar-refractivity contribution < 1.29 is 9.84 Å². The third-order valence-electron chi connectivity index (χ3n) is 2.12. The van der Waals surface area contributed by atoms with Crippen LogP contribution in [-0.4, -0.2) is 18.8 Å². The third-order valence-corrected chi connectivity index (χ3v) is 2.12. The molecule has 2 nitrogen and oxygen atoms in total. The summed E-state index contributed by atoms with van der Waals surface area (Å²) in [7, 11) is 1.65. The lowest BCUT2D eigenvalue weighted by molar-refractivity contribution is 0.329. The minimum atomic E-state index is 0.119. The Morgan fingerprint density at radius 3 is 2.86 bits per heavy atom. The molecular formula is C12H16O2. The normalized spacial score (nSPS) is 11.5. The van der Waals surface area contributed by atoms with E-state index in [-0.39, 0.29) is 6.61 Å². The summed E-state index contributed by atoms with van der Waals surface area (Å²) < 4.78 is 5.11. The molecule has 0 aliphatic heterocycles. The summed E-state index contributed by atoms with van der Waals surface area (Å²) in [5.41, 5.74) is 2.09. The Labute approximate surface area is 84.8 Å². The molecule has 14 heavy (non-hydrogen) atoms. The lowest BCUT2D eigenvalue weighted by Crippen LogP contribution is -1.88. The Morgan fingerprint density at radius 1 is 1.50 bits per heavy atom. The summed E-state index contributed by atoms with van der Waals surface area (Å²) in [6, 6.07) is 7.79. The lowest BCUT2D eigenvalue weighted by Gasteiger charge is -2.02. The predicted molar refractivity (Wildman–Crippen MR) is 58.3 cm³/mol. The molecule has 0 atom stereocenters. The zero-order valence-electron chi connectivity index (χ0n) is 8.66. The van der Waals surface area contributed by atoms with Crippen molar-refractivity contribution in [2.24, 2.45) is 0 Å². The van der Waals surface area contributed by atoms with E-state index in [1.165, 1.54) is 0 Å². The summed E-state index contributed by atoms with van der Waals surface area (Å²) in [5, 5.41) is 9.01. The SMILES string of the molecule is CCC(=Cc1cccc(OC)c1)CO. The maximum atomic E-state index is 9.01. The van der Waals surface area contributed by atoms with Crippen molar-refractivity contribution in [3.05, 3.63) is 35.4 Å². The first-order valence-corrected chi connectivity index (χ1v) is 4.74. The number of hydrogen-bond donors (Lipinski definition) is 1. The van der Waals surface area contributed by atoms with Crippen LogP contribution in [0.2, 0.25) is 0 Å². The summed E-state index contributed by atoms with van der Waals surface area (Å²) in [4.78, 5) is 0. The molecule has 0 fully saturated rings. The molecular weight excluding hydrogens is 176 g/mol. The molecule has 0 aliphatic carbocycles. The van der Waals surface area contributed by atoms with Crippen LogP contribution >= 0.6 is 0 Å². The van der Waals surface area contributed by atoms with Crippen molar-refractivity contribution in [1.29, 1.82) is 0 Å². The first-order valence-electron chi connectivity index (χ1n) is 4.74. The van der Waals surface area contributed by atoms with Crippen LogP contribution in [-0.2, 0) is 0 Å². The number of methoxy groups -OCH3 is 1. The van der Waals surface area contributed by atoms with E-state index in [9.17, 15) is 0 Å². The Hall–Kier alpha value is -1.28. The van der Waals surface area contributed by atoms with Gasteiger partial charge in [-0.25, -0.2) is 0 Å². The number of aliphatic hydroxyl groups excluding tert-OH is 1. The molecule has 1 aromatic carbocycles. The molecule has 1 N–H and O–H groups in total. The molecule has 2 heteroatoms. The van der Waals surface area contributed by atoms with Gasteiger partial charge in [0.25, 0.3) is 0 Å². The highest BCUT2D eigenvalue weighted by Crippen LogP contribution is 2.15. The van der Waals surface area contributed by atoms with Gasteiger partial charge in [-0.3, -0.25) is 0 Å². The zero-order chi connectivity index (χ0) is 10.4. The smallest absolute Gasteiger partial charge is 0.119 e. The molecule has 0 bridgehead atoms.